The molecule has 2 aromatic rings. The van der Waals surface area contributed by atoms with Crippen molar-refractivity contribution in [1.82, 2.24) is 14.7 Å². The Hall–Kier alpha value is -1.07. The fraction of sp³-hybridized carbons (Fsp3) is 0.643. The van der Waals surface area contributed by atoms with E-state index in [0.29, 0.717) is 0 Å². The number of nitrogens with one attached hydrogen (secondary N) is 1. The van der Waals surface area contributed by atoms with Gasteiger partial charge in [0.05, 0.1) is 5.69 Å². The molecule has 1 fully saturated rings. The van der Waals surface area contributed by atoms with Gasteiger partial charge in [0.15, 0.2) is 10.8 Å². The van der Waals surface area contributed by atoms with Gasteiger partial charge in [-0.25, -0.2) is 4.98 Å². The predicted molar refractivity (Wildman–Crippen MR) is 81.0 cm³/mol. The van der Waals surface area contributed by atoms with Crippen LogP contribution in [-0.4, -0.2) is 29.5 Å². The van der Waals surface area contributed by atoms with Gasteiger partial charge in [-0.2, -0.15) is 0 Å². The molecule has 1 N–H and O–H groups in total. The van der Waals surface area contributed by atoms with Gasteiger partial charge in [-0.05, 0) is 25.3 Å². The van der Waals surface area contributed by atoms with Crippen molar-refractivity contribution < 1.29 is 0 Å². The molecule has 1 aliphatic heterocycles. The topological polar surface area (TPSA) is 32.6 Å². The van der Waals surface area contributed by atoms with Gasteiger partial charge < -0.3 is 10.2 Å². The molecular weight excluding hydrogens is 256 g/mol. The molecular formula is C14H22N4S. The quantitative estimate of drug-likeness (QED) is 0.933. The number of thiazole rings is 1. The van der Waals surface area contributed by atoms with Gasteiger partial charge >= 0.3 is 0 Å². The van der Waals surface area contributed by atoms with Crippen LogP contribution in [0.25, 0.3) is 4.96 Å². The van der Waals surface area contributed by atoms with Gasteiger partial charge in [0.25, 0.3) is 0 Å². The molecule has 0 saturated carbocycles. The first-order chi connectivity index (χ1) is 9.20. The molecule has 0 bridgehead atoms. The van der Waals surface area contributed by atoms with E-state index in [1.807, 2.05) is 7.05 Å². The SMILES string of the molecule is CNCc1c(N2CCC(C(C)C)C2)nc2sccn12. The van der Waals surface area contributed by atoms with E-state index in [0.717, 1.165) is 36.4 Å². The monoisotopic (exact) mass is 278 g/mol. The van der Waals surface area contributed by atoms with E-state index in [1.54, 1.807) is 11.3 Å². The third-order valence-electron chi connectivity index (χ3n) is 4.15. The highest BCUT2D eigenvalue weighted by atomic mass is 32.1. The molecule has 4 nitrogen and oxygen atoms in total. The zero-order chi connectivity index (χ0) is 13.4. The summed E-state index contributed by atoms with van der Waals surface area (Å²) in [4.78, 5) is 8.41. The molecule has 3 rings (SSSR count). The van der Waals surface area contributed by atoms with Crippen molar-refractivity contribution in [1.29, 1.82) is 0 Å². The molecule has 0 spiro atoms. The third kappa shape index (κ3) is 2.25. The molecule has 0 amide bonds. The molecule has 1 unspecified atom stereocenters. The summed E-state index contributed by atoms with van der Waals surface area (Å²) < 4.78 is 2.22. The maximum Gasteiger partial charge on any atom is 0.195 e. The molecule has 2 aromatic heterocycles. The van der Waals surface area contributed by atoms with E-state index in [-0.39, 0.29) is 0 Å². The Morgan fingerprint density at radius 1 is 1.53 bits per heavy atom. The second-order valence-electron chi connectivity index (χ2n) is 5.71. The standard InChI is InChI=1S/C14H22N4S/c1-10(2)11-4-5-17(9-11)13-12(8-15-3)18-6-7-19-14(18)16-13/h6-7,10-11,15H,4-5,8-9H2,1-3H3. The molecule has 1 aliphatic rings. The number of aromatic nitrogens is 2. The maximum absolute atomic E-state index is 4.83. The predicted octanol–water partition coefficient (Wildman–Crippen LogP) is 2.60. The molecule has 1 saturated heterocycles. The van der Waals surface area contributed by atoms with Crippen molar-refractivity contribution in [2.45, 2.75) is 26.8 Å². The van der Waals surface area contributed by atoms with E-state index in [1.165, 1.54) is 17.9 Å². The van der Waals surface area contributed by atoms with E-state index >= 15 is 0 Å². The summed E-state index contributed by atoms with van der Waals surface area (Å²) in [5.41, 5.74) is 1.29. The summed E-state index contributed by atoms with van der Waals surface area (Å²) in [5, 5.41) is 5.37. The van der Waals surface area contributed by atoms with Gasteiger partial charge in [0, 0.05) is 31.2 Å². The fourth-order valence-corrected chi connectivity index (χ4v) is 3.66. The summed E-state index contributed by atoms with van der Waals surface area (Å²) in [7, 11) is 2.00. The Morgan fingerprint density at radius 3 is 3.05 bits per heavy atom. The molecule has 104 valence electrons. The largest absolute Gasteiger partial charge is 0.355 e. The van der Waals surface area contributed by atoms with Gasteiger partial charge in [0.1, 0.15) is 0 Å². The molecule has 0 aromatic carbocycles. The maximum atomic E-state index is 4.83. The number of anilines is 1. The van der Waals surface area contributed by atoms with E-state index in [9.17, 15) is 0 Å². The van der Waals surface area contributed by atoms with Crippen molar-refractivity contribution in [2.75, 3.05) is 25.0 Å². The molecule has 0 radical (unpaired) electrons. The van der Waals surface area contributed by atoms with Crippen LogP contribution in [0.3, 0.4) is 0 Å². The first kappa shape index (κ1) is 12.9. The number of imidazole rings is 1. The Labute approximate surface area is 118 Å². The summed E-state index contributed by atoms with van der Waals surface area (Å²) in [5.74, 6) is 2.76. The molecule has 5 heteroatoms. The molecule has 19 heavy (non-hydrogen) atoms. The number of nitrogens with zero attached hydrogens (tertiary/aromatic N) is 3. The minimum atomic E-state index is 0.765. The van der Waals surface area contributed by atoms with Crippen molar-refractivity contribution in [3.63, 3.8) is 0 Å². The highest BCUT2D eigenvalue weighted by Crippen LogP contribution is 2.31. The summed E-state index contributed by atoms with van der Waals surface area (Å²) in [6.07, 6.45) is 3.42. The van der Waals surface area contributed by atoms with Crippen molar-refractivity contribution in [3.8, 4) is 0 Å². The van der Waals surface area contributed by atoms with Crippen LogP contribution in [0.15, 0.2) is 11.6 Å². The first-order valence-corrected chi connectivity index (χ1v) is 7.92. The minimum absolute atomic E-state index is 0.765. The van der Waals surface area contributed by atoms with Crippen LogP contribution in [0.1, 0.15) is 26.0 Å². The highest BCUT2D eigenvalue weighted by Gasteiger charge is 2.28. The summed E-state index contributed by atoms with van der Waals surface area (Å²) >= 11 is 1.71. The smallest absolute Gasteiger partial charge is 0.195 e. The highest BCUT2D eigenvalue weighted by molar-refractivity contribution is 7.15. The lowest BCUT2D eigenvalue weighted by Gasteiger charge is -2.19. The van der Waals surface area contributed by atoms with Crippen LogP contribution in [-0.2, 0) is 6.54 Å². The van der Waals surface area contributed by atoms with E-state index in [2.05, 4.69) is 40.0 Å². The Kier molecular flexibility index (Phi) is 3.50. The number of fused-ring (bicyclic) bond motifs is 1. The lowest BCUT2D eigenvalue weighted by atomic mass is 9.95. The van der Waals surface area contributed by atoms with Crippen LogP contribution in [0.5, 0.6) is 0 Å². The number of rotatable bonds is 4. The number of hydrogen-bond acceptors (Lipinski definition) is 4. The summed E-state index contributed by atoms with van der Waals surface area (Å²) in [6.45, 7) is 7.82. The zero-order valence-corrected chi connectivity index (χ0v) is 12.7. The van der Waals surface area contributed by atoms with Crippen LogP contribution in [0.4, 0.5) is 5.82 Å². The normalized spacial score (nSPS) is 20.0. The van der Waals surface area contributed by atoms with Crippen LogP contribution < -0.4 is 10.2 Å². The van der Waals surface area contributed by atoms with Gasteiger partial charge in [0.2, 0.25) is 0 Å². The average Bonchev–Trinajstić information content (AvgIpc) is 3.04. The molecule has 0 aliphatic carbocycles. The first-order valence-electron chi connectivity index (χ1n) is 7.04. The number of hydrogen-bond donors (Lipinski definition) is 1. The van der Waals surface area contributed by atoms with Crippen molar-refractivity contribution in [3.05, 3.63) is 17.3 Å². The van der Waals surface area contributed by atoms with Gasteiger partial charge in [-0.3, -0.25) is 4.40 Å². The minimum Gasteiger partial charge on any atom is -0.355 e. The average molecular weight is 278 g/mol. The van der Waals surface area contributed by atoms with Gasteiger partial charge in [-0.15, -0.1) is 11.3 Å². The molecule has 3 heterocycles. The fourth-order valence-electron chi connectivity index (χ4n) is 2.93. The Balaban J connectivity index is 1.92. The van der Waals surface area contributed by atoms with Crippen LogP contribution in [0, 0.1) is 11.8 Å². The van der Waals surface area contributed by atoms with E-state index < -0.39 is 0 Å². The third-order valence-corrected chi connectivity index (χ3v) is 4.91. The van der Waals surface area contributed by atoms with Crippen molar-refractivity contribution in [2.24, 2.45) is 11.8 Å². The Morgan fingerprint density at radius 2 is 2.37 bits per heavy atom. The second kappa shape index (κ2) is 5.13. The Bertz CT molecular complexity index is 557. The van der Waals surface area contributed by atoms with E-state index in [4.69, 9.17) is 4.98 Å². The van der Waals surface area contributed by atoms with Crippen LogP contribution >= 0.6 is 11.3 Å². The lowest BCUT2D eigenvalue weighted by Crippen LogP contribution is -2.23. The second-order valence-corrected chi connectivity index (χ2v) is 6.58. The lowest BCUT2D eigenvalue weighted by molar-refractivity contribution is 0.422. The zero-order valence-electron chi connectivity index (χ0n) is 11.9. The van der Waals surface area contributed by atoms with Crippen LogP contribution in [0.2, 0.25) is 0 Å². The van der Waals surface area contributed by atoms with Crippen molar-refractivity contribution >= 4 is 22.1 Å². The molecule has 1 atom stereocenters. The summed E-state index contributed by atoms with van der Waals surface area (Å²) in [6, 6.07) is 0. The van der Waals surface area contributed by atoms with Gasteiger partial charge in [-0.1, -0.05) is 13.8 Å².